The van der Waals surface area contributed by atoms with Gasteiger partial charge in [-0.25, -0.2) is 14.2 Å². The fourth-order valence-corrected chi connectivity index (χ4v) is 6.04. The summed E-state index contributed by atoms with van der Waals surface area (Å²) in [5, 5.41) is 2.78. The second kappa shape index (κ2) is 11.5. The van der Waals surface area contributed by atoms with Gasteiger partial charge in [-0.15, -0.1) is 0 Å². The number of fused-ring (bicyclic) bond motifs is 1. The van der Waals surface area contributed by atoms with Crippen LogP contribution in [0.15, 0.2) is 66.9 Å². The number of imide groups is 1. The number of nitrogens with one attached hydrogen (secondary N) is 1. The van der Waals surface area contributed by atoms with E-state index in [4.69, 9.17) is 21.3 Å². The number of carbonyl (C=O) groups excluding carboxylic acids is 2. The first-order valence-electron chi connectivity index (χ1n) is 14.6. The van der Waals surface area contributed by atoms with Crippen molar-refractivity contribution in [2.45, 2.75) is 52.0 Å². The number of urea groups is 1. The van der Waals surface area contributed by atoms with Crippen molar-refractivity contribution in [1.82, 2.24) is 19.8 Å². The highest BCUT2D eigenvalue weighted by Crippen LogP contribution is 2.36. The van der Waals surface area contributed by atoms with Crippen LogP contribution in [0.3, 0.4) is 0 Å². The molecule has 220 valence electrons. The maximum atomic E-state index is 14.1. The van der Waals surface area contributed by atoms with Crippen molar-refractivity contribution < 1.29 is 18.7 Å². The molecule has 0 unspecified atom stereocenters. The SMILES string of the molecule is O=C1CCN(c2cnc(-c3ccc4c(c3)CN(Cc3ccc(OCc5c(F)cccc5Cl)cc3)C4)n2CC2CC2)C(=O)N1. The molecule has 3 aromatic carbocycles. The van der Waals surface area contributed by atoms with Crippen LogP contribution in [0, 0.1) is 11.7 Å². The van der Waals surface area contributed by atoms with Gasteiger partial charge in [-0.05, 0) is 65.8 Å². The minimum absolute atomic E-state index is 0.0694. The molecule has 43 heavy (non-hydrogen) atoms. The Balaban J connectivity index is 1.03. The Morgan fingerprint density at radius 1 is 1.02 bits per heavy atom. The third-order valence-corrected chi connectivity index (χ3v) is 8.68. The Bertz CT molecular complexity index is 1680. The van der Waals surface area contributed by atoms with Crippen LogP contribution in [0.2, 0.25) is 5.02 Å². The monoisotopic (exact) mass is 599 g/mol. The van der Waals surface area contributed by atoms with Crippen molar-refractivity contribution >= 4 is 29.4 Å². The van der Waals surface area contributed by atoms with E-state index in [0.29, 0.717) is 28.8 Å². The summed E-state index contributed by atoms with van der Waals surface area (Å²) in [4.78, 5) is 33.1. The predicted octanol–water partition coefficient (Wildman–Crippen LogP) is 6.29. The molecule has 0 atom stereocenters. The van der Waals surface area contributed by atoms with E-state index in [1.54, 1.807) is 23.2 Å². The highest BCUT2D eigenvalue weighted by Gasteiger charge is 2.31. The van der Waals surface area contributed by atoms with Gasteiger partial charge in [0.05, 0.1) is 11.2 Å². The van der Waals surface area contributed by atoms with Gasteiger partial charge in [-0.2, -0.15) is 0 Å². The van der Waals surface area contributed by atoms with Gasteiger partial charge in [0.25, 0.3) is 0 Å². The minimum Gasteiger partial charge on any atom is -0.489 e. The van der Waals surface area contributed by atoms with Gasteiger partial charge in [0.15, 0.2) is 0 Å². The van der Waals surface area contributed by atoms with Crippen LogP contribution in [0.1, 0.15) is 41.5 Å². The number of rotatable bonds is 9. The maximum Gasteiger partial charge on any atom is 0.329 e. The van der Waals surface area contributed by atoms with Crippen molar-refractivity contribution in [3.05, 3.63) is 100.0 Å². The summed E-state index contributed by atoms with van der Waals surface area (Å²) >= 11 is 6.12. The second-order valence-corrected chi connectivity index (χ2v) is 11.9. The molecule has 3 aliphatic rings. The van der Waals surface area contributed by atoms with Crippen molar-refractivity contribution in [2.75, 3.05) is 11.4 Å². The van der Waals surface area contributed by atoms with Gasteiger partial charge in [0, 0.05) is 50.3 Å². The number of imidazole rings is 1. The van der Waals surface area contributed by atoms with Crippen molar-refractivity contribution in [3.63, 3.8) is 0 Å². The van der Waals surface area contributed by atoms with Crippen LogP contribution in [0.4, 0.5) is 15.0 Å². The number of ether oxygens (including phenoxy) is 1. The number of halogens is 2. The molecule has 0 spiro atoms. The molecule has 0 radical (unpaired) electrons. The summed E-state index contributed by atoms with van der Waals surface area (Å²) in [6.07, 6.45) is 4.38. The van der Waals surface area contributed by atoms with E-state index in [2.05, 4.69) is 33.0 Å². The van der Waals surface area contributed by atoms with Crippen LogP contribution >= 0.6 is 11.6 Å². The largest absolute Gasteiger partial charge is 0.489 e. The number of hydrogen-bond acceptors (Lipinski definition) is 5. The lowest BCUT2D eigenvalue weighted by atomic mass is 10.1. The second-order valence-electron chi connectivity index (χ2n) is 11.5. The summed E-state index contributed by atoms with van der Waals surface area (Å²) in [7, 11) is 0. The Morgan fingerprint density at radius 2 is 1.84 bits per heavy atom. The smallest absolute Gasteiger partial charge is 0.329 e. The van der Waals surface area contributed by atoms with Crippen LogP contribution in [0.5, 0.6) is 5.75 Å². The van der Waals surface area contributed by atoms with E-state index in [1.807, 2.05) is 24.3 Å². The first kappa shape index (κ1) is 27.6. The van der Waals surface area contributed by atoms with Crippen molar-refractivity contribution in [3.8, 4) is 17.1 Å². The lowest BCUT2D eigenvalue weighted by Gasteiger charge is -2.27. The van der Waals surface area contributed by atoms with Gasteiger partial charge in [0.1, 0.15) is 29.8 Å². The molecule has 1 aliphatic carbocycles. The van der Waals surface area contributed by atoms with E-state index in [0.717, 1.165) is 48.9 Å². The molecule has 10 heteroatoms. The Morgan fingerprint density at radius 3 is 2.60 bits per heavy atom. The van der Waals surface area contributed by atoms with Crippen LogP contribution in [-0.2, 0) is 37.6 Å². The average molecular weight is 600 g/mol. The number of carbonyl (C=O) groups is 2. The van der Waals surface area contributed by atoms with Gasteiger partial charge in [0.2, 0.25) is 5.91 Å². The molecule has 4 aromatic rings. The molecule has 2 fully saturated rings. The third kappa shape index (κ3) is 5.87. The molecule has 3 amide bonds. The molecular weight excluding hydrogens is 569 g/mol. The zero-order valence-electron chi connectivity index (χ0n) is 23.6. The molecule has 0 bridgehead atoms. The fourth-order valence-electron chi connectivity index (χ4n) is 5.82. The Hall–Kier alpha value is -4.21. The number of anilines is 1. The highest BCUT2D eigenvalue weighted by molar-refractivity contribution is 6.31. The predicted molar refractivity (Wildman–Crippen MR) is 161 cm³/mol. The maximum absolute atomic E-state index is 14.1. The van der Waals surface area contributed by atoms with E-state index in [-0.39, 0.29) is 24.8 Å². The molecule has 7 rings (SSSR count). The van der Waals surface area contributed by atoms with Crippen LogP contribution < -0.4 is 15.0 Å². The van der Waals surface area contributed by atoms with E-state index < -0.39 is 6.03 Å². The van der Waals surface area contributed by atoms with Crippen molar-refractivity contribution in [1.29, 1.82) is 0 Å². The highest BCUT2D eigenvalue weighted by atomic mass is 35.5. The third-order valence-electron chi connectivity index (χ3n) is 8.33. The van der Waals surface area contributed by atoms with Gasteiger partial charge in [-0.3, -0.25) is 19.9 Å². The van der Waals surface area contributed by atoms with E-state index >= 15 is 0 Å². The Labute approximate surface area is 254 Å². The van der Waals surface area contributed by atoms with Gasteiger partial charge < -0.3 is 9.30 Å². The zero-order chi connectivity index (χ0) is 29.5. The summed E-state index contributed by atoms with van der Waals surface area (Å²) in [6.45, 7) is 3.68. The molecule has 1 aromatic heterocycles. The number of aromatic nitrogens is 2. The number of benzene rings is 3. The molecule has 1 saturated carbocycles. The zero-order valence-corrected chi connectivity index (χ0v) is 24.3. The summed E-state index contributed by atoms with van der Waals surface area (Å²) in [6, 6.07) is 18.6. The molecule has 1 N–H and O–H groups in total. The first-order chi connectivity index (χ1) is 20.9. The standard InChI is InChI=1S/C33H31ClFN5O3/c34-28-2-1-3-29(35)27(28)20-43-26-10-6-21(7-11-26)16-38-18-24-9-8-23(14-25(24)19-38)32-36-15-31(40(32)17-22-4-5-22)39-13-12-30(41)37-33(39)42/h1-3,6-11,14-15,22H,4-5,12-13,16-20H2,(H,37,41,42). The Kier molecular flexibility index (Phi) is 7.36. The first-order valence-corrected chi connectivity index (χ1v) is 14.9. The molecule has 8 nitrogen and oxygen atoms in total. The average Bonchev–Trinajstić information content (AvgIpc) is 3.58. The minimum atomic E-state index is -0.390. The molecular formula is C33H31ClFN5O3. The van der Waals surface area contributed by atoms with Crippen molar-refractivity contribution in [2.24, 2.45) is 5.92 Å². The lowest BCUT2D eigenvalue weighted by Crippen LogP contribution is -2.50. The van der Waals surface area contributed by atoms with E-state index in [9.17, 15) is 14.0 Å². The number of nitrogens with zero attached hydrogens (tertiary/aromatic N) is 4. The summed E-state index contributed by atoms with van der Waals surface area (Å²) in [5.41, 5.74) is 5.09. The van der Waals surface area contributed by atoms with Gasteiger partial charge >= 0.3 is 6.03 Å². The van der Waals surface area contributed by atoms with Crippen LogP contribution in [-0.4, -0.2) is 32.9 Å². The fraction of sp³-hybridized carbons (Fsp3) is 0.303. The lowest BCUT2D eigenvalue weighted by molar-refractivity contribution is -0.120. The normalized spacial score (nSPS) is 16.8. The summed E-state index contributed by atoms with van der Waals surface area (Å²) in [5.74, 6) is 2.21. The molecule has 3 heterocycles. The summed E-state index contributed by atoms with van der Waals surface area (Å²) < 4.78 is 22.0. The number of amides is 3. The van der Waals surface area contributed by atoms with E-state index in [1.165, 1.54) is 30.0 Å². The van der Waals surface area contributed by atoms with Crippen LogP contribution in [0.25, 0.3) is 11.4 Å². The van der Waals surface area contributed by atoms with Gasteiger partial charge in [-0.1, -0.05) is 41.9 Å². The molecule has 1 saturated heterocycles. The quantitative estimate of drug-likeness (QED) is 0.244. The topological polar surface area (TPSA) is 79.7 Å². The molecule has 2 aliphatic heterocycles. The number of hydrogen-bond donors (Lipinski definition) is 1.